The first-order valence-corrected chi connectivity index (χ1v) is 12.7. The molecule has 5 heteroatoms. The average molecular weight is 440 g/mol. The van der Waals surface area contributed by atoms with Gasteiger partial charge in [0.1, 0.15) is 6.04 Å². The SMILES string of the molecule is C=C(NC1CCCCC1)C(CCCCCCCC)N1C(=O)c2ccccc2NC(=O)C1C. The molecule has 1 fully saturated rings. The fraction of sp³-hybridized carbons (Fsp3) is 0.630. The summed E-state index contributed by atoms with van der Waals surface area (Å²) in [5.74, 6) is -0.226. The molecule has 5 nitrogen and oxygen atoms in total. The van der Waals surface area contributed by atoms with Gasteiger partial charge in [0.25, 0.3) is 5.91 Å². The number of anilines is 1. The van der Waals surface area contributed by atoms with Crippen molar-refractivity contribution in [2.24, 2.45) is 0 Å². The Morgan fingerprint density at radius 3 is 2.53 bits per heavy atom. The quantitative estimate of drug-likeness (QED) is 0.414. The third kappa shape index (κ3) is 6.14. The molecule has 2 atom stereocenters. The van der Waals surface area contributed by atoms with Gasteiger partial charge in [0, 0.05) is 11.7 Å². The first kappa shape index (κ1) is 24.3. The number of amides is 2. The minimum Gasteiger partial charge on any atom is -0.384 e. The second kappa shape index (κ2) is 12.1. The lowest BCUT2D eigenvalue weighted by molar-refractivity contribution is -0.120. The lowest BCUT2D eigenvalue weighted by Crippen LogP contribution is -2.52. The standard InChI is InChI=1S/C27H41N3O2/c1-4-5-6-7-8-12-19-25(20(2)28-22-15-10-9-11-16-22)30-21(3)26(31)29-24-18-14-13-17-23(24)27(30)32/h13-14,17-18,21-22,25,28H,2,4-12,15-16,19H2,1,3H3,(H,29,31). The molecular formula is C27H41N3O2. The van der Waals surface area contributed by atoms with Crippen LogP contribution in [0.3, 0.4) is 0 Å². The number of nitrogens with one attached hydrogen (secondary N) is 2. The molecule has 0 aromatic heterocycles. The van der Waals surface area contributed by atoms with Crippen molar-refractivity contribution in [3.8, 4) is 0 Å². The summed E-state index contributed by atoms with van der Waals surface area (Å²) in [6.45, 7) is 8.46. The van der Waals surface area contributed by atoms with Crippen molar-refractivity contribution in [3.05, 3.63) is 42.1 Å². The normalized spacial score (nSPS) is 20.3. The van der Waals surface area contributed by atoms with Crippen LogP contribution in [0.1, 0.15) is 101 Å². The van der Waals surface area contributed by atoms with Gasteiger partial charge in [0.05, 0.1) is 17.3 Å². The second-order valence-corrected chi connectivity index (χ2v) is 9.50. The minimum absolute atomic E-state index is 0.0889. The topological polar surface area (TPSA) is 61.4 Å². The molecule has 2 aliphatic rings. The van der Waals surface area contributed by atoms with Crippen molar-refractivity contribution in [2.45, 2.75) is 109 Å². The number of benzene rings is 1. The van der Waals surface area contributed by atoms with Crippen molar-refractivity contribution in [3.63, 3.8) is 0 Å². The fourth-order valence-corrected chi connectivity index (χ4v) is 5.07. The highest BCUT2D eigenvalue weighted by molar-refractivity contribution is 6.09. The van der Waals surface area contributed by atoms with E-state index in [0.717, 1.165) is 37.8 Å². The van der Waals surface area contributed by atoms with Crippen LogP contribution in [0, 0.1) is 0 Å². The number of nitrogens with zero attached hydrogens (tertiary/aromatic N) is 1. The van der Waals surface area contributed by atoms with Crippen LogP contribution in [0.5, 0.6) is 0 Å². The number of hydrogen-bond acceptors (Lipinski definition) is 3. The molecule has 32 heavy (non-hydrogen) atoms. The molecule has 1 aromatic rings. The number of carbonyl (C=O) groups excluding carboxylic acids is 2. The molecule has 2 amide bonds. The summed E-state index contributed by atoms with van der Waals surface area (Å²) >= 11 is 0. The van der Waals surface area contributed by atoms with E-state index >= 15 is 0 Å². The Balaban J connectivity index is 1.80. The van der Waals surface area contributed by atoms with Gasteiger partial charge in [-0.15, -0.1) is 0 Å². The van der Waals surface area contributed by atoms with E-state index in [1.54, 1.807) is 11.0 Å². The second-order valence-electron chi connectivity index (χ2n) is 9.50. The molecule has 2 unspecified atom stereocenters. The van der Waals surface area contributed by atoms with Crippen LogP contribution in [0.2, 0.25) is 0 Å². The summed E-state index contributed by atoms with van der Waals surface area (Å²) < 4.78 is 0. The van der Waals surface area contributed by atoms with Gasteiger partial charge < -0.3 is 15.5 Å². The van der Waals surface area contributed by atoms with Crippen LogP contribution in [0.25, 0.3) is 0 Å². The molecular weight excluding hydrogens is 398 g/mol. The predicted molar refractivity (Wildman–Crippen MR) is 132 cm³/mol. The molecule has 0 radical (unpaired) electrons. The summed E-state index contributed by atoms with van der Waals surface area (Å²) in [4.78, 5) is 28.4. The van der Waals surface area contributed by atoms with Crippen LogP contribution in [-0.2, 0) is 4.79 Å². The number of hydrogen-bond donors (Lipinski definition) is 2. The van der Waals surface area contributed by atoms with Gasteiger partial charge in [-0.3, -0.25) is 9.59 Å². The first-order valence-electron chi connectivity index (χ1n) is 12.7. The zero-order valence-electron chi connectivity index (χ0n) is 20.0. The summed E-state index contributed by atoms with van der Waals surface area (Å²) in [6, 6.07) is 6.99. The Hall–Kier alpha value is -2.30. The molecule has 3 rings (SSSR count). The van der Waals surface area contributed by atoms with Crippen molar-refractivity contribution >= 4 is 17.5 Å². The van der Waals surface area contributed by atoms with Crippen LogP contribution >= 0.6 is 0 Å². The largest absolute Gasteiger partial charge is 0.384 e. The van der Waals surface area contributed by atoms with Gasteiger partial charge in [-0.1, -0.05) is 83.4 Å². The van der Waals surface area contributed by atoms with Gasteiger partial charge in [-0.05, 0) is 38.3 Å². The van der Waals surface area contributed by atoms with Crippen molar-refractivity contribution < 1.29 is 9.59 Å². The first-order chi connectivity index (χ1) is 15.5. The van der Waals surface area contributed by atoms with E-state index < -0.39 is 6.04 Å². The average Bonchev–Trinajstić information content (AvgIpc) is 2.89. The molecule has 1 aromatic carbocycles. The van der Waals surface area contributed by atoms with Crippen LogP contribution in [0.15, 0.2) is 36.5 Å². The Labute approximate surface area is 194 Å². The summed E-state index contributed by atoms with van der Waals surface area (Å²) in [7, 11) is 0. The van der Waals surface area contributed by atoms with E-state index in [4.69, 9.17) is 0 Å². The Bertz CT molecular complexity index is 785. The zero-order chi connectivity index (χ0) is 22.9. The van der Waals surface area contributed by atoms with Crippen molar-refractivity contribution in [1.82, 2.24) is 10.2 Å². The maximum absolute atomic E-state index is 13.7. The van der Waals surface area contributed by atoms with E-state index in [-0.39, 0.29) is 17.9 Å². The lowest BCUT2D eigenvalue weighted by Gasteiger charge is -2.38. The molecule has 0 spiro atoms. The van der Waals surface area contributed by atoms with E-state index in [9.17, 15) is 9.59 Å². The highest BCUT2D eigenvalue weighted by Crippen LogP contribution is 2.29. The summed E-state index contributed by atoms with van der Waals surface area (Å²) in [6.07, 6.45) is 14.1. The van der Waals surface area contributed by atoms with E-state index in [0.29, 0.717) is 17.3 Å². The van der Waals surface area contributed by atoms with Crippen molar-refractivity contribution in [1.29, 1.82) is 0 Å². The van der Waals surface area contributed by atoms with Gasteiger partial charge in [0.2, 0.25) is 5.91 Å². The van der Waals surface area contributed by atoms with Crippen LogP contribution in [0.4, 0.5) is 5.69 Å². The Morgan fingerprint density at radius 2 is 1.78 bits per heavy atom. The Kier molecular flexibility index (Phi) is 9.19. The highest BCUT2D eigenvalue weighted by atomic mass is 16.2. The third-order valence-corrected chi connectivity index (χ3v) is 7.01. The van der Waals surface area contributed by atoms with Gasteiger partial charge in [0.15, 0.2) is 0 Å². The molecule has 2 N–H and O–H groups in total. The number of para-hydroxylation sites is 1. The van der Waals surface area contributed by atoms with Gasteiger partial charge in [-0.2, -0.15) is 0 Å². The van der Waals surface area contributed by atoms with Crippen molar-refractivity contribution in [2.75, 3.05) is 5.32 Å². The summed E-state index contributed by atoms with van der Waals surface area (Å²) in [5.41, 5.74) is 2.04. The monoisotopic (exact) mass is 439 g/mol. The maximum Gasteiger partial charge on any atom is 0.257 e. The maximum atomic E-state index is 13.7. The smallest absolute Gasteiger partial charge is 0.257 e. The van der Waals surface area contributed by atoms with Crippen LogP contribution in [-0.4, -0.2) is 34.8 Å². The molecule has 0 saturated heterocycles. The zero-order valence-corrected chi connectivity index (χ0v) is 20.0. The summed E-state index contributed by atoms with van der Waals surface area (Å²) in [5, 5.41) is 6.60. The number of fused-ring (bicyclic) bond motifs is 1. The third-order valence-electron chi connectivity index (χ3n) is 7.01. The van der Waals surface area contributed by atoms with E-state index in [1.807, 2.05) is 25.1 Å². The molecule has 1 saturated carbocycles. The predicted octanol–water partition coefficient (Wildman–Crippen LogP) is 6.02. The number of carbonyl (C=O) groups is 2. The molecule has 1 aliphatic heterocycles. The van der Waals surface area contributed by atoms with Gasteiger partial charge in [-0.25, -0.2) is 0 Å². The molecule has 176 valence electrons. The Morgan fingerprint density at radius 1 is 1.09 bits per heavy atom. The highest BCUT2D eigenvalue weighted by Gasteiger charge is 2.38. The van der Waals surface area contributed by atoms with Gasteiger partial charge >= 0.3 is 0 Å². The number of unbranched alkanes of at least 4 members (excludes halogenated alkanes) is 5. The fourth-order valence-electron chi connectivity index (χ4n) is 5.07. The minimum atomic E-state index is -0.551. The molecule has 1 aliphatic carbocycles. The van der Waals surface area contributed by atoms with Crippen LogP contribution < -0.4 is 10.6 Å². The van der Waals surface area contributed by atoms with E-state index in [1.165, 1.54) is 44.9 Å². The lowest BCUT2D eigenvalue weighted by atomic mass is 9.94. The molecule has 1 heterocycles. The van der Waals surface area contributed by atoms with E-state index in [2.05, 4.69) is 24.1 Å². The molecule has 0 bridgehead atoms. The number of rotatable bonds is 11.